The molecule has 1 aliphatic heterocycles. The highest BCUT2D eigenvalue weighted by molar-refractivity contribution is 8.00. The number of aromatic nitrogens is 3. The number of hydrogen-bond acceptors (Lipinski definition) is 6. The van der Waals surface area contributed by atoms with Gasteiger partial charge in [-0.3, -0.25) is 9.36 Å². The van der Waals surface area contributed by atoms with E-state index in [9.17, 15) is 4.79 Å². The lowest BCUT2D eigenvalue weighted by atomic mass is 10.2. The van der Waals surface area contributed by atoms with Gasteiger partial charge in [-0.1, -0.05) is 30.0 Å². The summed E-state index contributed by atoms with van der Waals surface area (Å²) in [4.78, 5) is 14.4. The lowest BCUT2D eigenvalue weighted by Crippen LogP contribution is -2.38. The minimum absolute atomic E-state index is 0.0494. The number of carbonyl (C=O) groups excluding carboxylic acids is 1. The Morgan fingerprint density at radius 3 is 2.89 bits per heavy atom. The minimum Gasteiger partial charge on any atom is -0.378 e. The minimum atomic E-state index is -0.296. The van der Waals surface area contributed by atoms with Crippen LogP contribution in [-0.2, 0) is 9.53 Å². The maximum atomic E-state index is 12.3. The molecule has 1 fully saturated rings. The van der Waals surface area contributed by atoms with Crippen LogP contribution >= 0.6 is 11.8 Å². The van der Waals surface area contributed by atoms with Crippen molar-refractivity contribution in [2.75, 3.05) is 37.7 Å². The van der Waals surface area contributed by atoms with Gasteiger partial charge in [0.25, 0.3) is 0 Å². The maximum absolute atomic E-state index is 12.3. The number of hydrogen-bond donors (Lipinski definition) is 1. The number of anilines is 1. The van der Waals surface area contributed by atoms with Gasteiger partial charge in [0.1, 0.15) is 0 Å². The van der Waals surface area contributed by atoms with Gasteiger partial charge in [0.15, 0.2) is 5.16 Å². The van der Waals surface area contributed by atoms with Crippen molar-refractivity contribution in [2.24, 2.45) is 0 Å². The average Bonchev–Trinajstić information content (AvgIpc) is 3.10. The van der Waals surface area contributed by atoms with E-state index >= 15 is 0 Å². The van der Waals surface area contributed by atoms with Crippen molar-refractivity contribution in [3.8, 4) is 5.69 Å². The predicted molar refractivity (Wildman–Crippen MR) is 108 cm³/mol. The fourth-order valence-electron chi connectivity index (χ4n) is 2.83. The summed E-state index contributed by atoms with van der Waals surface area (Å²) in [5, 5.41) is 12.1. The van der Waals surface area contributed by atoms with Gasteiger partial charge < -0.3 is 15.0 Å². The second-order valence-corrected chi connectivity index (χ2v) is 7.66. The summed E-state index contributed by atoms with van der Waals surface area (Å²) < 4.78 is 7.49. The largest absolute Gasteiger partial charge is 0.378 e. The summed E-state index contributed by atoms with van der Waals surface area (Å²) in [5.74, 6) is 0.733. The third-order valence-corrected chi connectivity index (χ3v) is 5.28. The monoisotopic (exact) mass is 387 g/mol. The molecule has 0 saturated carbocycles. The van der Waals surface area contributed by atoms with Crippen LogP contribution < -0.4 is 10.2 Å². The number of amides is 1. The Labute approximate surface area is 163 Å². The zero-order valence-corrected chi connectivity index (χ0v) is 16.5. The van der Waals surface area contributed by atoms with Gasteiger partial charge in [-0.25, -0.2) is 0 Å². The topological polar surface area (TPSA) is 72.3 Å². The molecule has 3 rings (SSSR count). The van der Waals surface area contributed by atoms with E-state index in [1.807, 2.05) is 23.6 Å². The quantitative estimate of drug-likeness (QED) is 0.580. The van der Waals surface area contributed by atoms with Crippen LogP contribution in [0, 0.1) is 6.92 Å². The van der Waals surface area contributed by atoms with Gasteiger partial charge in [-0.05, 0) is 31.5 Å². The van der Waals surface area contributed by atoms with Gasteiger partial charge in [-0.15, -0.1) is 16.8 Å². The Balaban J connectivity index is 1.92. The molecule has 2 aromatic rings. The van der Waals surface area contributed by atoms with E-state index in [0.717, 1.165) is 30.3 Å². The Hall–Kier alpha value is -2.32. The highest BCUT2D eigenvalue weighted by atomic mass is 32.2. The van der Waals surface area contributed by atoms with Crippen LogP contribution in [-0.4, -0.2) is 58.8 Å². The van der Waals surface area contributed by atoms with E-state index in [2.05, 4.69) is 46.0 Å². The highest BCUT2D eigenvalue weighted by Gasteiger charge is 2.24. The number of ether oxygens (including phenoxy) is 1. The van der Waals surface area contributed by atoms with Crippen LogP contribution in [0.1, 0.15) is 12.5 Å². The van der Waals surface area contributed by atoms with Crippen molar-refractivity contribution in [1.82, 2.24) is 20.1 Å². The molecule has 1 N–H and O–H groups in total. The third-order valence-electron chi connectivity index (χ3n) is 4.24. The van der Waals surface area contributed by atoms with E-state index < -0.39 is 0 Å². The summed E-state index contributed by atoms with van der Waals surface area (Å²) in [6, 6.07) is 8.20. The van der Waals surface area contributed by atoms with E-state index in [1.165, 1.54) is 11.8 Å². The maximum Gasteiger partial charge on any atom is 0.233 e. The zero-order valence-electron chi connectivity index (χ0n) is 15.7. The predicted octanol–water partition coefficient (Wildman–Crippen LogP) is 2.20. The lowest BCUT2D eigenvalue weighted by Gasteiger charge is -2.28. The van der Waals surface area contributed by atoms with Gasteiger partial charge in [0.05, 0.1) is 24.2 Å². The molecule has 1 unspecified atom stereocenters. The fourth-order valence-corrected chi connectivity index (χ4v) is 3.71. The van der Waals surface area contributed by atoms with E-state index in [0.29, 0.717) is 24.9 Å². The molecule has 1 atom stereocenters. The van der Waals surface area contributed by atoms with Gasteiger partial charge in [0.2, 0.25) is 11.9 Å². The first-order valence-corrected chi connectivity index (χ1v) is 9.88. The second kappa shape index (κ2) is 9.05. The average molecular weight is 388 g/mol. The first-order chi connectivity index (χ1) is 13.1. The third kappa shape index (κ3) is 4.70. The number of nitrogens with one attached hydrogen (secondary N) is 1. The molecule has 1 amide bonds. The second-order valence-electron chi connectivity index (χ2n) is 6.35. The number of benzene rings is 1. The number of rotatable bonds is 7. The number of aryl methyl sites for hydroxylation is 1. The van der Waals surface area contributed by atoms with E-state index in [-0.39, 0.29) is 11.2 Å². The van der Waals surface area contributed by atoms with Gasteiger partial charge in [-0.2, -0.15) is 0 Å². The number of carbonyl (C=O) groups is 1. The first-order valence-electron chi connectivity index (χ1n) is 9.00. The fraction of sp³-hybridized carbons (Fsp3) is 0.421. The summed E-state index contributed by atoms with van der Waals surface area (Å²) >= 11 is 1.40. The number of thioether (sulfide) groups is 1. The molecule has 0 bridgehead atoms. The van der Waals surface area contributed by atoms with Crippen LogP contribution in [0.2, 0.25) is 0 Å². The van der Waals surface area contributed by atoms with Crippen molar-refractivity contribution in [3.63, 3.8) is 0 Å². The molecule has 7 nitrogen and oxygen atoms in total. The van der Waals surface area contributed by atoms with Crippen LogP contribution in [0.5, 0.6) is 0 Å². The first kappa shape index (κ1) is 19.4. The van der Waals surface area contributed by atoms with Crippen LogP contribution in [0.3, 0.4) is 0 Å². The molecular weight excluding hydrogens is 362 g/mol. The number of morpholine rings is 1. The SMILES string of the molecule is C=CCNC(=O)C(C)Sc1nnc(N2CCOCC2)n1-c1cccc(C)c1. The van der Waals surface area contributed by atoms with E-state index in [4.69, 9.17) is 4.74 Å². The lowest BCUT2D eigenvalue weighted by molar-refractivity contribution is -0.120. The van der Waals surface area contributed by atoms with Crippen LogP contribution in [0.15, 0.2) is 42.1 Å². The molecular formula is C19H25N5O2S. The molecule has 1 aromatic carbocycles. The Morgan fingerprint density at radius 1 is 1.41 bits per heavy atom. The van der Waals surface area contributed by atoms with Crippen LogP contribution in [0.4, 0.5) is 5.95 Å². The summed E-state index contributed by atoms with van der Waals surface area (Å²) in [6.07, 6.45) is 1.67. The molecule has 0 aliphatic carbocycles. The molecule has 1 aliphatic rings. The molecule has 0 radical (unpaired) electrons. The Morgan fingerprint density at radius 2 is 2.19 bits per heavy atom. The standard InChI is InChI=1S/C19H25N5O2S/c1-4-8-20-17(25)15(3)27-19-22-21-18(23-9-11-26-12-10-23)24(19)16-7-5-6-14(2)13-16/h4-7,13,15H,1,8-12H2,2-3H3,(H,20,25). The molecule has 1 saturated heterocycles. The van der Waals surface area contributed by atoms with E-state index in [1.54, 1.807) is 6.08 Å². The molecule has 8 heteroatoms. The van der Waals surface area contributed by atoms with Crippen molar-refractivity contribution in [2.45, 2.75) is 24.3 Å². The molecule has 27 heavy (non-hydrogen) atoms. The highest BCUT2D eigenvalue weighted by Crippen LogP contribution is 2.30. The summed E-state index contributed by atoms with van der Waals surface area (Å²) in [6.45, 7) is 10.9. The van der Waals surface area contributed by atoms with Gasteiger partial charge in [0, 0.05) is 19.6 Å². The summed E-state index contributed by atoms with van der Waals surface area (Å²) in [7, 11) is 0. The van der Waals surface area contributed by atoms with Gasteiger partial charge >= 0.3 is 0 Å². The van der Waals surface area contributed by atoms with Crippen LogP contribution in [0.25, 0.3) is 5.69 Å². The molecule has 144 valence electrons. The number of nitrogens with zero attached hydrogens (tertiary/aromatic N) is 4. The molecule has 0 spiro atoms. The smallest absolute Gasteiger partial charge is 0.233 e. The normalized spacial score (nSPS) is 15.4. The van der Waals surface area contributed by atoms with Crippen molar-refractivity contribution in [3.05, 3.63) is 42.5 Å². The zero-order chi connectivity index (χ0) is 19.2. The molecule has 2 heterocycles. The van der Waals surface area contributed by atoms with Crippen molar-refractivity contribution in [1.29, 1.82) is 0 Å². The van der Waals surface area contributed by atoms with Crippen molar-refractivity contribution < 1.29 is 9.53 Å². The Kier molecular flexibility index (Phi) is 6.52. The Bertz CT molecular complexity index is 801. The summed E-state index contributed by atoms with van der Waals surface area (Å²) in [5.41, 5.74) is 2.14. The van der Waals surface area contributed by atoms with Crippen molar-refractivity contribution >= 4 is 23.6 Å². The molecule has 1 aromatic heterocycles.